The van der Waals surface area contributed by atoms with Gasteiger partial charge in [0, 0.05) is 17.3 Å². The molecule has 2 aromatic carbocycles. The van der Waals surface area contributed by atoms with Crippen molar-refractivity contribution < 1.29 is 23.8 Å². The number of hydrogen-bond acceptors (Lipinski definition) is 5. The van der Waals surface area contributed by atoms with Gasteiger partial charge in [0.05, 0.1) is 0 Å². The summed E-state index contributed by atoms with van der Waals surface area (Å²) in [6.07, 6.45) is -0.726. The first-order valence-electron chi connectivity index (χ1n) is 8.01. The van der Waals surface area contributed by atoms with E-state index in [1.165, 1.54) is 6.92 Å². The molecule has 1 aliphatic rings. The van der Waals surface area contributed by atoms with Crippen LogP contribution in [0.2, 0.25) is 0 Å². The van der Waals surface area contributed by atoms with Crippen molar-refractivity contribution in [2.24, 2.45) is 0 Å². The fourth-order valence-corrected chi connectivity index (χ4v) is 2.41. The third kappa shape index (κ3) is 4.09. The quantitative estimate of drug-likeness (QED) is 0.846. The minimum atomic E-state index is -0.726. The van der Waals surface area contributed by atoms with Crippen molar-refractivity contribution in [3.63, 3.8) is 0 Å². The van der Waals surface area contributed by atoms with Crippen molar-refractivity contribution in [2.75, 3.05) is 18.5 Å². The molecule has 0 saturated heterocycles. The van der Waals surface area contributed by atoms with E-state index in [0.717, 1.165) is 0 Å². The lowest BCUT2D eigenvalue weighted by molar-refractivity contribution is -0.122. The van der Waals surface area contributed by atoms with E-state index in [9.17, 15) is 9.59 Å². The Morgan fingerprint density at radius 1 is 1.08 bits per heavy atom. The zero-order valence-corrected chi connectivity index (χ0v) is 14.1. The maximum Gasteiger partial charge on any atom is 0.265 e. The van der Waals surface area contributed by atoms with Crippen LogP contribution in [0.15, 0.2) is 42.5 Å². The second-order valence-electron chi connectivity index (χ2n) is 5.69. The maximum absolute atomic E-state index is 12.3. The maximum atomic E-state index is 12.3. The molecule has 6 heteroatoms. The van der Waals surface area contributed by atoms with Crippen molar-refractivity contribution in [3.05, 3.63) is 48.0 Å². The molecule has 0 aliphatic carbocycles. The minimum Gasteiger partial charge on any atom is -0.486 e. The zero-order chi connectivity index (χ0) is 17.8. The van der Waals surface area contributed by atoms with Crippen LogP contribution in [-0.4, -0.2) is 31.0 Å². The Kier molecular flexibility index (Phi) is 4.88. The van der Waals surface area contributed by atoms with E-state index in [1.807, 2.05) is 0 Å². The number of ketones is 1. The SMILES string of the molecule is CC(=O)c1cccc(OC(C)C(=O)Nc2ccc3c(c2)OCCO3)c1. The standard InChI is InChI=1S/C19H19NO5/c1-12(21)14-4-3-5-16(10-14)25-13(2)19(22)20-15-6-7-17-18(11-15)24-9-8-23-17/h3-7,10-11,13H,8-9H2,1-2H3,(H,20,22). The number of nitrogens with one attached hydrogen (secondary N) is 1. The van der Waals surface area contributed by atoms with Crippen molar-refractivity contribution in [1.29, 1.82) is 0 Å². The van der Waals surface area contributed by atoms with Crippen LogP contribution >= 0.6 is 0 Å². The van der Waals surface area contributed by atoms with E-state index in [0.29, 0.717) is 41.7 Å². The van der Waals surface area contributed by atoms with Crippen LogP contribution in [0.1, 0.15) is 24.2 Å². The number of rotatable bonds is 5. The number of Topliss-reactive ketones (excluding diaryl/α,β-unsaturated/α-hetero) is 1. The van der Waals surface area contributed by atoms with Gasteiger partial charge >= 0.3 is 0 Å². The predicted octanol–water partition coefficient (Wildman–Crippen LogP) is 3.07. The topological polar surface area (TPSA) is 73.9 Å². The molecule has 1 aliphatic heterocycles. The second-order valence-corrected chi connectivity index (χ2v) is 5.69. The minimum absolute atomic E-state index is 0.0566. The van der Waals surface area contributed by atoms with Gasteiger partial charge in [-0.05, 0) is 38.1 Å². The average molecular weight is 341 g/mol. The number of fused-ring (bicyclic) bond motifs is 1. The Hall–Kier alpha value is -3.02. The Balaban J connectivity index is 1.64. The van der Waals surface area contributed by atoms with E-state index in [4.69, 9.17) is 14.2 Å². The molecule has 2 aromatic rings. The van der Waals surface area contributed by atoms with Crippen LogP contribution in [0, 0.1) is 0 Å². The number of carbonyl (C=O) groups excluding carboxylic acids is 2. The smallest absolute Gasteiger partial charge is 0.265 e. The Morgan fingerprint density at radius 2 is 1.84 bits per heavy atom. The lowest BCUT2D eigenvalue weighted by atomic mass is 10.1. The van der Waals surface area contributed by atoms with Crippen molar-refractivity contribution in [3.8, 4) is 17.2 Å². The van der Waals surface area contributed by atoms with E-state index in [1.54, 1.807) is 49.4 Å². The fourth-order valence-electron chi connectivity index (χ4n) is 2.41. The van der Waals surface area contributed by atoms with Gasteiger partial charge in [0.25, 0.3) is 5.91 Å². The Morgan fingerprint density at radius 3 is 2.60 bits per heavy atom. The highest BCUT2D eigenvalue weighted by Crippen LogP contribution is 2.32. The lowest BCUT2D eigenvalue weighted by Crippen LogP contribution is -2.30. The van der Waals surface area contributed by atoms with Crippen molar-refractivity contribution in [1.82, 2.24) is 0 Å². The highest BCUT2D eigenvalue weighted by molar-refractivity contribution is 5.95. The average Bonchev–Trinajstić information content (AvgIpc) is 2.61. The van der Waals surface area contributed by atoms with Crippen LogP contribution in [-0.2, 0) is 4.79 Å². The summed E-state index contributed by atoms with van der Waals surface area (Å²) in [5.41, 5.74) is 1.14. The summed E-state index contributed by atoms with van der Waals surface area (Å²) in [5.74, 6) is 1.38. The first kappa shape index (κ1) is 16.8. The fraction of sp³-hybridized carbons (Fsp3) is 0.263. The number of ether oxygens (including phenoxy) is 3. The van der Waals surface area contributed by atoms with Gasteiger partial charge in [-0.3, -0.25) is 9.59 Å². The van der Waals surface area contributed by atoms with Gasteiger partial charge < -0.3 is 19.5 Å². The molecule has 1 unspecified atom stereocenters. The summed E-state index contributed by atoms with van der Waals surface area (Å²) in [4.78, 5) is 23.7. The summed E-state index contributed by atoms with van der Waals surface area (Å²) >= 11 is 0. The van der Waals surface area contributed by atoms with Crippen LogP contribution in [0.3, 0.4) is 0 Å². The monoisotopic (exact) mass is 341 g/mol. The Bertz CT molecular complexity index is 802. The zero-order valence-electron chi connectivity index (χ0n) is 14.1. The number of amides is 1. The third-order valence-electron chi connectivity index (χ3n) is 3.73. The largest absolute Gasteiger partial charge is 0.486 e. The third-order valence-corrected chi connectivity index (χ3v) is 3.73. The molecule has 3 rings (SSSR count). The molecule has 25 heavy (non-hydrogen) atoms. The summed E-state index contributed by atoms with van der Waals surface area (Å²) in [5, 5.41) is 2.78. The highest BCUT2D eigenvalue weighted by atomic mass is 16.6. The number of hydrogen-bond donors (Lipinski definition) is 1. The van der Waals surface area contributed by atoms with Gasteiger partial charge in [-0.1, -0.05) is 12.1 Å². The van der Waals surface area contributed by atoms with Crippen LogP contribution in [0.4, 0.5) is 5.69 Å². The van der Waals surface area contributed by atoms with Crippen molar-refractivity contribution in [2.45, 2.75) is 20.0 Å². The molecule has 1 atom stereocenters. The van der Waals surface area contributed by atoms with E-state index < -0.39 is 6.10 Å². The van der Waals surface area contributed by atoms with Gasteiger partial charge in [-0.2, -0.15) is 0 Å². The molecule has 1 amide bonds. The molecule has 0 spiro atoms. The molecule has 1 heterocycles. The molecular formula is C19H19NO5. The molecule has 1 N–H and O–H groups in total. The molecule has 0 fully saturated rings. The second kappa shape index (κ2) is 7.25. The van der Waals surface area contributed by atoms with Crippen LogP contribution in [0.25, 0.3) is 0 Å². The van der Waals surface area contributed by atoms with Gasteiger partial charge in [0.15, 0.2) is 23.4 Å². The first-order chi connectivity index (χ1) is 12.0. The van der Waals surface area contributed by atoms with Crippen molar-refractivity contribution >= 4 is 17.4 Å². The lowest BCUT2D eigenvalue weighted by Gasteiger charge is -2.20. The van der Waals surface area contributed by atoms with Gasteiger partial charge in [-0.15, -0.1) is 0 Å². The molecular weight excluding hydrogens is 322 g/mol. The van der Waals surface area contributed by atoms with Gasteiger partial charge in [0.1, 0.15) is 19.0 Å². The number of carbonyl (C=O) groups is 2. The van der Waals surface area contributed by atoms with E-state index in [-0.39, 0.29) is 11.7 Å². The molecule has 130 valence electrons. The van der Waals surface area contributed by atoms with Crippen LogP contribution in [0.5, 0.6) is 17.2 Å². The number of benzene rings is 2. The molecule has 6 nitrogen and oxygen atoms in total. The van der Waals surface area contributed by atoms with Gasteiger partial charge in [0.2, 0.25) is 0 Å². The highest BCUT2D eigenvalue weighted by Gasteiger charge is 2.17. The van der Waals surface area contributed by atoms with Crippen LogP contribution < -0.4 is 19.5 Å². The molecule has 0 bridgehead atoms. The van der Waals surface area contributed by atoms with Gasteiger partial charge in [-0.25, -0.2) is 0 Å². The van der Waals surface area contributed by atoms with E-state index in [2.05, 4.69) is 5.32 Å². The molecule has 0 radical (unpaired) electrons. The summed E-state index contributed by atoms with van der Waals surface area (Å²) in [7, 11) is 0. The molecule has 0 saturated carbocycles. The first-order valence-corrected chi connectivity index (χ1v) is 8.01. The summed E-state index contributed by atoms with van der Waals surface area (Å²) in [6, 6.07) is 12.0. The summed E-state index contributed by atoms with van der Waals surface area (Å²) < 4.78 is 16.6. The summed E-state index contributed by atoms with van der Waals surface area (Å²) in [6.45, 7) is 4.13. The normalized spacial score (nSPS) is 13.7. The number of anilines is 1. The predicted molar refractivity (Wildman–Crippen MR) is 92.6 cm³/mol. The van der Waals surface area contributed by atoms with E-state index >= 15 is 0 Å². The molecule has 0 aromatic heterocycles. The Labute approximate surface area is 145 Å².